The van der Waals surface area contributed by atoms with E-state index in [-0.39, 0.29) is 18.0 Å². The average Bonchev–Trinajstić information content (AvgIpc) is 3.49. The Kier molecular flexibility index (Phi) is 6.77. The third-order valence-electron chi connectivity index (χ3n) is 6.41. The van der Waals surface area contributed by atoms with Gasteiger partial charge in [0.25, 0.3) is 0 Å². The summed E-state index contributed by atoms with van der Waals surface area (Å²) in [6, 6.07) is 21.8. The van der Waals surface area contributed by atoms with Crippen LogP contribution in [-0.4, -0.2) is 25.6 Å². The normalized spacial score (nSPS) is 17.2. The Morgan fingerprint density at radius 2 is 1.86 bits per heavy atom. The lowest BCUT2D eigenvalue weighted by Gasteiger charge is -2.29. The van der Waals surface area contributed by atoms with Gasteiger partial charge in [-0.2, -0.15) is 0 Å². The third-order valence-corrected chi connectivity index (χ3v) is 6.72. The Bertz CT molecular complexity index is 1370. The van der Waals surface area contributed by atoms with Crippen LogP contribution in [0.3, 0.4) is 0 Å². The monoisotopic (exact) mass is 496 g/mol. The highest BCUT2D eigenvalue weighted by Gasteiger charge is 2.42. The molecular weight excluding hydrogens is 468 g/mol. The van der Waals surface area contributed by atoms with Gasteiger partial charge in [-0.3, -0.25) is 14.8 Å². The average molecular weight is 497 g/mol. The van der Waals surface area contributed by atoms with Crippen molar-refractivity contribution in [2.75, 3.05) is 10.2 Å². The second-order valence-electron chi connectivity index (χ2n) is 8.78. The quantitative estimate of drug-likeness (QED) is 0.344. The van der Waals surface area contributed by atoms with Crippen LogP contribution in [0.25, 0.3) is 0 Å². The predicted octanol–water partition coefficient (Wildman–Crippen LogP) is 5.16. The highest BCUT2D eigenvalue weighted by Crippen LogP contribution is 2.42. The van der Waals surface area contributed by atoms with Crippen molar-refractivity contribution >= 4 is 34.6 Å². The molecule has 3 aromatic heterocycles. The van der Waals surface area contributed by atoms with Crippen molar-refractivity contribution in [3.63, 3.8) is 0 Å². The third kappa shape index (κ3) is 4.72. The van der Waals surface area contributed by atoms with E-state index in [2.05, 4.69) is 54.5 Å². The van der Waals surface area contributed by atoms with Gasteiger partial charge < -0.3 is 20.1 Å². The van der Waals surface area contributed by atoms with Crippen LogP contribution >= 0.6 is 12.2 Å². The van der Waals surface area contributed by atoms with Gasteiger partial charge >= 0.3 is 0 Å². The molecule has 0 spiro atoms. The maximum Gasteiger partial charge on any atom is 0.224 e. The Morgan fingerprint density at radius 3 is 2.56 bits per heavy atom. The lowest BCUT2D eigenvalue weighted by molar-refractivity contribution is -0.115. The van der Waals surface area contributed by atoms with Crippen LogP contribution in [0.4, 0.5) is 11.4 Å². The molecule has 2 atom stereocenters. The van der Waals surface area contributed by atoms with E-state index in [1.807, 2.05) is 74.8 Å². The zero-order valence-corrected chi connectivity index (χ0v) is 21.1. The predicted molar refractivity (Wildman–Crippen MR) is 146 cm³/mol. The van der Waals surface area contributed by atoms with Crippen LogP contribution < -0.4 is 15.5 Å². The number of hydrogen-bond donors (Lipinski definition) is 2. The molecule has 7 nitrogen and oxygen atoms in total. The first-order valence-electron chi connectivity index (χ1n) is 12.0. The summed E-state index contributed by atoms with van der Waals surface area (Å²) < 4.78 is 2.22. The number of thiocarbonyl (C=S) groups is 1. The molecular formula is C28H28N6OS. The fourth-order valence-corrected chi connectivity index (χ4v) is 4.96. The number of amides is 1. The first-order chi connectivity index (χ1) is 17.5. The molecule has 1 aromatic carbocycles. The van der Waals surface area contributed by atoms with E-state index in [4.69, 9.17) is 12.2 Å². The van der Waals surface area contributed by atoms with Crippen LogP contribution in [0.15, 0.2) is 85.3 Å². The van der Waals surface area contributed by atoms with Gasteiger partial charge in [-0.15, -0.1) is 0 Å². The highest BCUT2D eigenvalue weighted by atomic mass is 32.1. The number of rotatable bonds is 7. The number of aromatic nitrogens is 3. The molecule has 5 rings (SSSR count). The molecule has 1 saturated heterocycles. The molecule has 0 bridgehead atoms. The van der Waals surface area contributed by atoms with Gasteiger partial charge in [0.1, 0.15) is 6.04 Å². The van der Waals surface area contributed by atoms with Crippen LogP contribution in [0.5, 0.6) is 0 Å². The lowest BCUT2D eigenvalue weighted by atomic mass is 10.0. The van der Waals surface area contributed by atoms with E-state index in [0.717, 1.165) is 34.0 Å². The standard InChI is InChI=1S/C28H28N6OS/c1-3-25(35)31-22-13-12-21(17-19(22)2)34-27(26(32-28(34)36)23-10-5-7-15-30-23)24-11-8-16-33(24)18-20-9-4-6-14-29-20/h4-17,26-27H,3,18H2,1-2H3,(H,31,35)(H,32,36)/t26-,27+/m1/s1. The number of nitrogens with one attached hydrogen (secondary N) is 2. The molecule has 8 heteroatoms. The smallest absolute Gasteiger partial charge is 0.224 e. The van der Waals surface area contributed by atoms with Crippen molar-refractivity contribution in [2.45, 2.75) is 38.9 Å². The van der Waals surface area contributed by atoms with Crippen LogP contribution in [0, 0.1) is 6.92 Å². The van der Waals surface area contributed by atoms with E-state index in [1.54, 1.807) is 0 Å². The fourth-order valence-electron chi connectivity index (χ4n) is 4.62. The van der Waals surface area contributed by atoms with Gasteiger partial charge in [-0.05, 0) is 79.3 Å². The molecule has 4 heterocycles. The van der Waals surface area contributed by atoms with Gasteiger partial charge in [-0.25, -0.2) is 0 Å². The van der Waals surface area contributed by atoms with Gasteiger partial charge in [0, 0.05) is 42.1 Å². The second kappa shape index (κ2) is 10.3. The number of nitrogens with zero attached hydrogens (tertiary/aromatic N) is 4. The zero-order valence-electron chi connectivity index (χ0n) is 20.3. The Morgan fingerprint density at radius 1 is 1.06 bits per heavy atom. The number of benzene rings is 1. The van der Waals surface area contributed by atoms with Gasteiger partial charge in [-0.1, -0.05) is 19.1 Å². The molecule has 1 amide bonds. The van der Waals surface area contributed by atoms with Crippen molar-refractivity contribution < 1.29 is 4.79 Å². The molecule has 2 N–H and O–H groups in total. The maximum absolute atomic E-state index is 12.0. The van der Waals surface area contributed by atoms with Crippen molar-refractivity contribution in [2.24, 2.45) is 0 Å². The Balaban J connectivity index is 1.56. The van der Waals surface area contributed by atoms with Crippen LogP contribution in [-0.2, 0) is 11.3 Å². The van der Waals surface area contributed by atoms with Gasteiger partial charge in [0.05, 0.1) is 24.0 Å². The molecule has 1 aliphatic rings. The first-order valence-corrected chi connectivity index (χ1v) is 12.4. The summed E-state index contributed by atoms with van der Waals surface area (Å²) >= 11 is 5.88. The molecule has 1 fully saturated rings. The summed E-state index contributed by atoms with van der Waals surface area (Å²) in [7, 11) is 0. The van der Waals surface area contributed by atoms with Crippen molar-refractivity contribution in [1.29, 1.82) is 0 Å². The summed E-state index contributed by atoms with van der Waals surface area (Å²) in [6.45, 7) is 4.49. The second-order valence-corrected chi connectivity index (χ2v) is 9.17. The highest BCUT2D eigenvalue weighted by molar-refractivity contribution is 7.80. The van der Waals surface area contributed by atoms with E-state index in [0.29, 0.717) is 18.1 Å². The van der Waals surface area contributed by atoms with Crippen molar-refractivity contribution in [3.05, 3.63) is 108 Å². The van der Waals surface area contributed by atoms with Crippen LogP contribution in [0.1, 0.15) is 48.1 Å². The van der Waals surface area contributed by atoms with E-state index >= 15 is 0 Å². The van der Waals surface area contributed by atoms with Crippen molar-refractivity contribution in [3.8, 4) is 0 Å². The van der Waals surface area contributed by atoms with Gasteiger partial charge in [0.2, 0.25) is 5.91 Å². The number of carbonyl (C=O) groups is 1. The summed E-state index contributed by atoms with van der Waals surface area (Å²) in [5.41, 5.74) is 5.73. The molecule has 0 aliphatic carbocycles. The topological polar surface area (TPSA) is 75.1 Å². The molecule has 0 saturated carbocycles. The minimum Gasteiger partial charge on any atom is -0.351 e. The maximum atomic E-state index is 12.0. The molecule has 4 aromatic rings. The minimum absolute atomic E-state index is 0.00958. The Hall–Kier alpha value is -4.04. The Labute approximate surface area is 216 Å². The SMILES string of the molecule is CCC(=O)Nc1ccc(N2C(=S)N[C@H](c3ccccn3)[C@@H]2c2cccn2Cc2ccccn2)cc1C. The zero-order chi connectivity index (χ0) is 25.1. The molecule has 1 aliphatic heterocycles. The minimum atomic E-state index is -0.143. The number of carbonyl (C=O) groups excluding carboxylic acids is 1. The van der Waals surface area contributed by atoms with E-state index in [1.165, 1.54) is 0 Å². The molecule has 0 radical (unpaired) electrons. The van der Waals surface area contributed by atoms with Gasteiger partial charge in [0.15, 0.2) is 5.11 Å². The van der Waals surface area contributed by atoms with Crippen molar-refractivity contribution in [1.82, 2.24) is 19.9 Å². The largest absolute Gasteiger partial charge is 0.351 e. The summed E-state index contributed by atoms with van der Waals surface area (Å²) in [5.74, 6) is -0.00958. The number of hydrogen-bond acceptors (Lipinski definition) is 4. The molecule has 182 valence electrons. The summed E-state index contributed by atoms with van der Waals surface area (Å²) in [5, 5.41) is 7.12. The lowest BCUT2D eigenvalue weighted by Crippen LogP contribution is -2.30. The fraction of sp³-hybridized carbons (Fsp3) is 0.214. The van der Waals surface area contributed by atoms with E-state index in [9.17, 15) is 4.79 Å². The summed E-state index contributed by atoms with van der Waals surface area (Å²) in [4.78, 5) is 23.3. The van der Waals surface area contributed by atoms with E-state index < -0.39 is 0 Å². The summed E-state index contributed by atoms with van der Waals surface area (Å²) in [6.07, 6.45) is 6.13. The number of aryl methyl sites for hydroxylation is 1. The molecule has 0 unspecified atom stereocenters. The number of anilines is 2. The molecule has 36 heavy (non-hydrogen) atoms. The number of pyridine rings is 2. The van der Waals surface area contributed by atoms with Crippen LogP contribution in [0.2, 0.25) is 0 Å². The first kappa shape index (κ1) is 23.7.